The Morgan fingerprint density at radius 2 is 1.87 bits per heavy atom. The van der Waals surface area contributed by atoms with Crippen LogP contribution in [-0.2, 0) is 4.74 Å². The molecule has 1 fully saturated rings. The topological polar surface area (TPSA) is 67.4 Å². The van der Waals surface area contributed by atoms with Crippen molar-refractivity contribution in [2.45, 2.75) is 20.8 Å². The maximum absolute atomic E-state index is 12.3. The van der Waals surface area contributed by atoms with E-state index in [0.29, 0.717) is 29.7 Å². The molecule has 3 rings (SSSR count). The largest absolute Gasteiger partial charge is 0.378 e. The number of amides is 1. The zero-order valence-corrected chi connectivity index (χ0v) is 14.4. The summed E-state index contributed by atoms with van der Waals surface area (Å²) in [5.41, 5.74) is 3.34. The van der Waals surface area contributed by atoms with Gasteiger partial charge in [-0.1, -0.05) is 0 Å². The van der Waals surface area contributed by atoms with E-state index in [4.69, 9.17) is 4.74 Å². The zero-order valence-electron chi connectivity index (χ0n) is 13.5. The molecule has 1 amide bonds. The molecule has 6 nitrogen and oxygen atoms in total. The fourth-order valence-corrected chi connectivity index (χ4v) is 3.30. The fraction of sp³-hybridized carbons (Fsp3) is 0.438. The number of morpholine rings is 1. The van der Waals surface area contributed by atoms with Gasteiger partial charge in [-0.05, 0) is 37.8 Å². The standard InChI is InChI=1S/C16H20N4O2S/c1-10-8-13(23-9-10)15(21)19-14-11(2)17-16(18-12(14)3)20-4-6-22-7-5-20/h8-9H,4-7H2,1-3H3,(H,19,21). The van der Waals surface area contributed by atoms with Gasteiger partial charge in [-0.2, -0.15) is 0 Å². The second-order valence-corrected chi connectivity index (χ2v) is 6.52. The van der Waals surface area contributed by atoms with Gasteiger partial charge in [-0.15, -0.1) is 11.3 Å². The molecule has 1 aliphatic rings. The van der Waals surface area contributed by atoms with Crippen molar-refractivity contribution in [1.82, 2.24) is 9.97 Å². The minimum Gasteiger partial charge on any atom is -0.378 e. The second kappa shape index (κ2) is 6.64. The summed E-state index contributed by atoms with van der Waals surface area (Å²) < 4.78 is 5.36. The molecule has 0 radical (unpaired) electrons. The minimum atomic E-state index is -0.114. The van der Waals surface area contributed by atoms with Crippen LogP contribution in [-0.4, -0.2) is 42.2 Å². The normalized spacial score (nSPS) is 14.8. The Bertz CT molecular complexity index is 700. The van der Waals surface area contributed by atoms with Crippen molar-refractivity contribution < 1.29 is 9.53 Å². The van der Waals surface area contributed by atoms with Gasteiger partial charge < -0.3 is 15.0 Å². The molecule has 0 saturated carbocycles. The monoisotopic (exact) mass is 332 g/mol. The average Bonchev–Trinajstić information content (AvgIpc) is 2.98. The van der Waals surface area contributed by atoms with Gasteiger partial charge in [-0.25, -0.2) is 9.97 Å². The van der Waals surface area contributed by atoms with Gasteiger partial charge in [0.2, 0.25) is 5.95 Å². The molecule has 0 atom stereocenters. The van der Waals surface area contributed by atoms with E-state index in [2.05, 4.69) is 20.2 Å². The summed E-state index contributed by atoms with van der Waals surface area (Å²) in [6.45, 7) is 8.74. The molecule has 1 N–H and O–H groups in total. The predicted octanol–water partition coefficient (Wildman–Crippen LogP) is 2.55. The number of thiophene rings is 1. The van der Waals surface area contributed by atoms with Crippen LogP contribution in [0.2, 0.25) is 0 Å². The van der Waals surface area contributed by atoms with Gasteiger partial charge in [0.25, 0.3) is 5.91 Å². The molecular formula is C16H20N4O2S. The number of hydrogen-bond acceptors (Lipinski definition) is 6. The number of carbonyl (C=O) groups is 1. The maximum Gasteiger partial charge on any atom is 0.265 e. The Balaban J connectivity index is 1.81. The van der Waals surface area contributed by atoms with Crippen molar-refractivity contribution in [2.75, 3.05) is 36.5 Å². The third kappa shape index (κ3) is 3.51. The van der Waals surface area contributed by atoms with E-state index in [9.17, 15) is 4.79 Å². The minimum absolute atomic E-state index is 0.114. The molecule has 122 valence electrons. The van der Waals surface area contributed by atoms with E-state index in [-0.39, 0.29) is 5.91 Å². The molecule has 1 aliphatic heterocycles. The van der Waals surface area contributed by atoms with Gasteiger partial charge in [0, 0.05) is 13.1 Å². The lowest BCUT2D eigenvalue weighted by Gasteiger charge is -2.27. The molecule has 1 saturated heterocycles. The number of nitrogens with zero attached hydrogens (tertiary/aromatic N) is 3. The van der Waals surface area contributed by atoms with E-state index in [1.807, 2.05) is 32.2 Å². The summed E-state index contributed by atoms with van der Waals surface area (Å²) in [4.78, 5) is 24.3. The Kier molecular flexibility index (Phi) is 4.58. The first-order valence-electron chi connectivity index (χ1n) is 7.59. The van der Waals surface area contributed by atoms with Gasteiger partial charge >= 0.3 is 0 Å². The Morgan fingerprint density at radius 1 is 1.22 bits per heavy atom. The maximum atomic E-state index is 12.3. The summed E-state index contributed by atoms with van der Waals surface area (Å²) in [5, 5.41) is 4.91. The first-order chi connectivity index (χ1) is 11.0. The Hall–Kier alpha value is -1.99. The lowest BCUT2D eigenvalue weighted by Crippen LogP contribution is -2.37. The van der Waals surface area contributed by atoms with Gasteiger partial charge in [0.1, 0.15) is 0 Å². The second-order valence-electron chi connectivity index (χ2n) is 5.61. The van der Waals surface area contributed by atoms with E-state index in [0.717, 1.165) is 30.0 Å². The summed E-state index contributed by atoms with van der Waals surface area (Å²) >= 11 is 1.44. The number of anilines is 2. The van der Waals surface area contributed by atoms with Crippen molar-refractivity contribution in [3.8, 4) is 0 Å². The fourth-order valence-electron chi connectivity index (χ4n) is 2.51. The van der Waals surface area contributed by atoms with Crippen molar-refractivity contribution in [1.29, 1.82) is 0 Å². The number of aromatic nitrogens is 2. The van der Waals surface area contributed by atoms with Crippen LogP contribution in [0.1, 0.15) is 26.6 Å². The third-order valence-electron chi connectivity index (χ3n) is 3.75. The summed E-state index contributed by atoms with van der Waals surface area (Å²) in [6.07, 6.45) is 0. The van der Waals surface area contributed by atoms with E-state index in [1.165, 1.54) is 11.3 Å². The lowest BCUT2D eigenvalue weighted by atomic mass is 10.2. The molecule has 2 aromatic rings. The number of carbonyl (C=O) groups excluding carboxylic acids is 1. The van der Waals surface area contributed by atoms with Gasteiger partial charge in [0.05, 0.1) is 35.2 Å². The third-order valence-corrected chi connectivity index (χ3v) is 4.79. The number of rotatable bonds is 3. The molecular weight excluding hydrogens is 312 g/mol. The summed E-state index contributed by atoms with van der Waals surface area (Å²) in [7, 11) is 0. The Labute approximate surface area is 139 Å². The average molecular weight is 332 g/mol. The predicted molar refractivity (Wildman–Crippen MR) is 91.5 cm³/mol. The highest BCUT2D eigenvalue weighted by Gasteiger charge is 2.18. The number of ether oxygens (including phenoxy) is 1. The summed E-state index contributed by atoms with van der Waals surface area (Å²) in [6, 6.07) is 1.88. The van der Waals surface area contributed by atoms with Crippen LogP contribution >= 0.6 is 11.3 Å². The molecule has 3 heterocycles. The van der Waals surface area contributed by atoms with Crippen molar-refractivity contribution >= 4 is 28.9 Å². The van der Waals surface area contributed by atoms with E-state index >= 15 is 0 Å². The van der Waals surface area contributed by atoms with Crippen molar-refractivity contribution in [3.05, 3.63) is 33.3 Å². The molecule has 23 heavy (non-hydrogen) atoms. The highest BCUT2D eigenvalue weighted by Crippen LogP contribution is 2.23. The first kappa shape index (κ1) is 15.9. The van der Waals surface area contributed by atoms with Gasteiger partial charge in [-0.3, -0.25) is 4.79 Å². The molecule has 7 heteroatoms. The van der Waals surface area contributed by atoms with E-state index < -0.39 is 0 Å². The van der Waals surface area contributed by atoms with Crippen LogP contribution in [0.3, 0.4) is 0 Å². The van der Waals surface area contributed by atoms with Crippen LogP contribution in [0.5, 0.6) is 0 Å². The number of hydrogen-bond donors (Lipinski definition) is 1. The van der Waals surface area contributed by atoms with Crippen molar-refractivity contribution in [3.63, 3.8) is 0 Å². The van der Waals surface area contributed by atoms with E-state index in [1.54, 1.807) is 0 Å². The lowest BCUT2D eigenvalue weighted by molar-refractivity contribution is 0.103. The SMILES string of the molecule is Cc1csc(C(=O)Nc2c(C)nc(N3CCOCC3)nc2C)c1. The van der Waals surface area contributed by atoms with Crippen LogP contribution in [0.15, 0.2) is 11.4 Å². The Morgan fingerprint density at radius 3 is 2.43 bits per heavy atom. The summed E-state index contributed by atoms with van der Waals surface area (Å²) in [5.74, 6) is 0.588. The zero-order chi connectivity index (χ0) is 16.4. The first-order valence-corrected chi connectivity index (χ1v) is 8.47. The smallest absolute Gasteiger partial charge is 0.265 e. The molecule has 0 aromatic carbocycles. The molecule has 0 unspecified atom stereocenters. The van der Waals surface area contributed by atoms with Crippen LogP contribution in [0.25, 0.3) is 0 Å². The molecule has 0 aliphatic carbocycles. The molecule has 0 spiro atoms. The number of aryl methyl sites for hydroxylation is 3. The van der Waals surface area contributed by atoms with Crippen LogP contribution < -0.4 is 10.2 Å². The number of nitrogens with one attached hydrogen (secondary N) is 1. The van der Waals surface area contributed by atoms with Crippen LogP contribution in [0.4, 0.5) is 11.6 Å². The van der Waals surface area contributed by atoms with Gasteiger partial charge in [0.15, 0.2) is 0 Å². The quantitative estimate of drug-likeness (QED) is 0.935. The van der Waals surface area contributed by atoms with Crippen molar-refractivity contribution in [2.24, 2.45) is 0 Å². The highest BCUT2D eigenvalue weighted by molar-refractivity contribution is 7.12. The highest BCUT2D eigenvalue weighted by atomic mass is 32.1. The molecule has 2 aromatic heterocycles. The van der Waals surface area contributed by atoms with Crippen LogP contribution in [0, 0.1) is 20.8 Å². The molecule has 0 bridgehead atoms.